The van der Waals surface area contributed by atoms with Crippen LogP contribution in [-0.2, 0) is 8.44 Å². The molecule has 4 heteroatoms. The molecule has 3 nitrogen and oxygen atoms in total. The molecule has 0 heterocycles. The van der Waals surface area contributed by atoms with Crippen molar-refractivity contribution in [3.8, 4) is 0 Å². The monoisotopic (exact) mass is 422 g/mol. The number of benzene rings is 1. The van der Waals surface area contributed by atoms with E-state index < -0.39 is 21.6 Å². The van der Waals surface area contributed by atoms with Crippen LogP contribution in [0.5, 0.6) is 0 Å². The molecule has 0 atom stereocenters. The Balaban J connectivity index is 2.99. The summed E-state index contributed by atoms with van der Waals surface area (Å²) in [6, 6.07) is 10.1. The first-order valence-electron chi connectivity index (χ1n) is 5.76. The Morgan fingerprint density at radius 3 is 1.62 bits per heavy atom. The first kappa shape index (κ1) is 14.0. The van der Waals surface area contributed by atoms with Crippen molar-refractivity contribution < 1.29 is 8.44 Å². The molecule has 0 fully saturated rings. The molecule has 0 spiro atoms. The van der Waals surface area contributed by atoms with Gasteiger partial charge in [-0.1, -0.05) is 0 Å². The first-order valence-corrected chi connectivity index (χ1v) is 12.5. The van der Waals surface area contributed by atoms with E-state index in [1.165, 1.54) is 0 Å². The fourth-order valence-electron chi connectivity index (χ4n) is 1.59. The third kappa shape index (κ3) is 3.49. The molecule has 1 aromatic rings. The van der Waals surface area contributed by atoms with Gasteiger partial charge >= 0.3 is 104 Å². The molecule has 1 aromatic carbocycles. The zero-order valence-corrected chi connectivity index (χ0v) is 14.1. The first-order chi connectivity index (χ1) is 7.79. The molecule has 0 bridgehead atoms. The standard InChI is InChI=1S/C6H5.3C2H5O.Bi.H/c1-2-4-6-5-3-1;3*1-2-3;;/h1-5H;3*2H2,1H3;;/q;3*-1;+3;. The maximum atomic E-state index is 5.87. The Hall–Kier alpha value is -0.0169. The zero-order valence-electron chi connectivity index (χ0n) is 10.2. The predicted octanol–water partition coefficient (Wildman–Crippen LogP) is 1.67. The van der Waals surface area contributed by atoms with E-state index in [1.54, 1.807) is 0 Å². The summed E-state index contributed by atoms with van der Waals surface area (Å²) in [6.45, 7) is 7.85. The van der Waals surface area contributed by atoms with E-state index in [0.717, 1.165) is 3.27 Å². The van der Waals surface area contributed by atoms with Gasteiger partial charge in [-0.2, -0.15) is 0 Å². The van der Waals surface area contributed by atoms with Crippen molar-refractivity contribution in [1.82, 2.24) is 0 Å². The molecule has 0 radical (unpaired) electrons. The molecule has 0 aliphatic carbocycles. The van der Waals surface area contributed by atoms with Crippen LogP contribution in [-0.4, -0.2) is 41.4 Å². The van der Waals surface area contributed by atoms with E-state index in [1.807, 2.05) is 51.1 Å². The summed E-state index contributed by atoms with van der Waals surface area (Å²) < 4.78 is 18.7. The van der Waals surface area contributed by atoms with Crippen molar-refractivity contribution in [2.75, 3.05) is 19.8 Å². The Kier molecular flexibility index (Phi) is 6.44. The van der Waals surface area contributed by atoms with Crippen molar-refractivity contribution >= 4 is 24.9 Å². The topological polar surface area (TPSA) is 27.7 Å². The molecule has 0 aliphatic heterocycles. The average molecular weight is 422 g/mol. The van der Waals surface area contributed by atoms with Crippen molar-refractivity contribution in [2.45, 2.75) is 20.8 Å². The van der Waals surface area contributed by atoms with Crippen LogP contribution in [0.15, 0.2) is 30.3 Å². The molecule has 0 aliphatic rings. The number of hydrogen-bond donors (Lipinski definition) is 0. The Morgan fingerprint density at radius 2 is 1.25 bits per heavy atom. The van der Waals surface area contributed by atoms with Gasteiger partial charge in [0.2, 0.25) is 0 Å². The van der Waals surface area contributed by atoms with Gasteiger partial charge in [0, 0.05) is 0 Å². The van der Waals surface area contributed by atoms with Gasteiger partial charge in [-0.05, 0) is 0 Å². The van der Waals surface area contributed by atoms with Crippen LogP contribution in [0.4, 0.5) is 0 Å². The molecule has 92 valence electrons. The minimum absolute atomic E-state index is 0.635. The molecular formula is C12H21BiO3. The molecule has 1 rings (SSSR count). The van der Waals surface area contributed by atoms with Crippen molar-refractivity contribution in [3.63, 3.8) is 0 Å². The molecule has 0 N–H and O–H groups in total. The summed E-state index contributed by atoms with van der Waals surface area (Å²) >= 11 is -3.64. The van der Waals surface area contributed by atoms with Gasteiger partial charge in [0.1, 0.15) is 0 Å². The van der Waals surface area contributed by atoms with Gasteiger partial charge in [-0.3, -0.25) is 0 Å². The van der Waals surface area contributed by atoms with Crippen molar-refractivity contribution in [2.24, 2.45) is 0 Å². The second-order valence-corrected chi connectivity index (χ2v) is 13.2. The fourth-order valence-corrected chi connectivity index (χ4v) is 11.3. The van der Waals surface area contributed by atoms with Gasteiger partial charge in [-0.15, -0.1) is 0 Å². The minimum atomic E-state index is -3.64. The number of rotatable bonds is 7. The molecule has 0 aromatic heterocycles. The fraction of sp³-hybridized carbons (Fsp3) is 0.500. The van der Waals surface area contributed by atoms with Crippen LogP contribution in [0.1, 0.15) is 20.8 Å². The van der Waals surface area contributed by atoms with E-state index in [9.17, 15) is 0 Å². The van der Waals surface area contributed by atoms with Gasteiger partial charge in [0.25, 0.3) is 0 Å². The third-order valence-electron chi connectivity index (χ3n) is 2.13. The molecule has 0 saturated carbocycles. The quantitative estimate of drug-likeness (QED) is 0.626. The van der Waals surface area contributed by atoms with Crippen LogP contribution in [0.2, 0.25) is 0 Å². The van der Waals surface area contributed by atoms with E-state index in [2.05, 4.69) is 0 Å². The Morgan fingerprint density at radius 1 is 0.812 bits per heavy atom. The van der Waals surface area contributed by atoms with Gasteiger partial charge in [0.15, 0.2) is 0 Å². The average Bonchev–Trinajstić information content (AvgIpc) is 2.31. The molecule has 16 heavy (non-hydrogen) atoms. The van der Waals surface area contributed by atoms with Gasteiger partial charge < -0.3 is 0 Å². The van der Waals surface area contributed by atoms with Crippen LogP contribution in [0.3, 0.4) is 0 Å². The van der Waals surface area contributed by atoms with Gasteiger partial charge in [-0.25, -0.2) is 0 Å². The van der Waals surface area contributed by atoms with Crippen molar-refractivity contribution in [3.05, 3.63) is 30.3 Å². The second-order valence-electron chi connectivity index (χ2n) is 3.22. The van der Waals surface area contributed by atoms with E-state index >= 15 is 0 Å². The SMILES string of the molecule is CC[O][BiH]([O]CC)([O]CC)[c]1ccccc1. The Bertz CT molecular complexity index is 273. The summed E-state index contributed by atoms with van der Waals surface area (Å²) in [5.74, 6) is 0. The summed E-state index contributed by atoms with van der Waals surface area (Å²) in [6.07, 6.45) is 0. The third-order valence-corrected chi connectivity index (χ3v) is 14.0. The molecule has 0 saturated heterocycles. The van der Waals surface area contributed by atoms with Crippen LogP contribution in [0, 0.1) is 0 Å². The second kappa shape index (κ2) is 7.34. The summed E-state index contributed by atoms with van der Waals surface area (Å²) in [4.78, 5) is 0. The molecule has 0 unspecified atom stereocenters. The van der Waals surface area contributed by atoms with E-state index in [0.29, 0.717) is 19.8 Å². The Labute approximate surface area is 104 Å². The normalized spacial score (nSPS) is 12.7. The van der Waals surface area contributed by atoms with E-state index in [4.69, 9.17) is 8.44 Å². The van der Waals surface area contributed by atoms with Crippen molar-refractivity contribution in [1.29, 1.82) is 0 Å². The van der Waals surface area contributed by atoms with Gasteiger partial charge in [0.05, 0.1) is 0 Å². The number of hydrogen-bond acceptors (Lipinski definition) is 3. The summed E-state index contributed by atoms with van der Waals surface area (Å²) in [5, 5.41) is 0. The van der Waals surface area contributed by atoms with Crippen LogP contribution in [0.25, 0.3) is 0 Å². The summed E-state index contributed by atoms with van der Waals surface area (Å²) in [7, 11) is 0. The molecular weight excluding hydrogens is 401 g/mol. The summed E-state index contributed by atoms with van der Waals surface area (Å²) in [5.41, 5.74) is 0. The predicted molar refractivity (Wildman–Crippen MR) is 68.1 cm³/mol. The molecule has 0 amide bonds. The van der Waals surface area contributed by atoms with Crippen LogP contribution >= 0.6 is 0 Å². The van der Waals surface area contributed by atoms with E-state index in [-0.39, 0.29) is 0 Å². The maximum absolute atomic E-state index is 5.87. The van der Waals surface area contributed by atoms with Crippen LogP contribution < -0.4 is 3.27 Å². The zero-order chi connectivity index (χ0) is 11.9.